The zero-order valence-corrected chi connectivity index (χ0v) is 9.97. The molecular weight excluding hydrogens is 208 g/mol. The molecule has 0 atom stereocenters. The van der Waals surface area contributed by atoms with Crippen molar-refractivity contribution in [2.24, 2.45) is 0 Å². The smallest absolute Gasteiger partial charge is 0.0845 e. The third-order valence-electron chi connectivity index (χ3n) is 2.54. The standard InChI is InChI=1S/C16H16O/c1-2-17-13-12-14-8-10-16(11-9-14)15-6-4-3-5-7-15/h3-13H,2H2,1H3. The monoisotopic (exact) mass is 224 g/mol. The maximum Gasteiger partial charge on any atom is 0.0845 e. The molecule has 0 aliphatic rings. The van der Waals surface area contributed by atoms with Gasteiger partial charge in [0.1, 0.15) is 0 Å². The van der Waals surface area contributed by atoms with Crippen molar-refractivity contribution in [1.82, 2.24) is 0 Å². The molecule has 17 heavy (non-hydrogen) atoms. The Balaban J connectivity index is 2.13. The molecule has 0 amide bonds. The Labute approximate surface area is 102 Å². The molecule has 0 heterocycles. The topological polar surface area (TPSA) is 9.23 Å². The fourth-order valence-corrected chi connectivity index (χ4v) is 1.64. The number of benzene rings is 2. The lowest BCUT2D eigenvalue weighted by atomic mass is 10.0. The van der Waals surface area contributed by atoms with Gasteiger partial charge in [-0.05, 0) is 29.7 Å². The minimum atomic E-state index is 0.707. The quantitative estimate of drug-likeness (QED) is 0.701. The number of hydrogen-bond donors (Lipinski definition) is 0. The maximum atomic E-state index is 5.17. The predicted octanol–water partition coefficient (Wildman–Crippen LogP) is 4.36. The maximum absolute atomic E-state index is 5.17. The summed E-state index contributed by atoms with van der Waals surface area (Å²) in [6.45, 7) is 2.68. The first-order chi connectivity index (χ1) is 8.40. The molecule has 2 aromatic rings. The summed E-state index contributed by atoms with van der Waals surface area (Å²) in [6, 6.07) is 18.8. The Morgan fingerprint density at radius 3 is 2.18 bits per heavy atom. The van der Waals surface area contributed by atoms with E-state index in [0.29, 0.717) is 6.61 Å². The lowest BCUT2D eigenvalue weighted by molar-refractivity contribution is 0.272. The van der Waals surface area contributed by atoms with Crippen molar-refractivity contribution in [3.05, 3.63) is 66.4 Å². The second-order valence-electron chi connectivity index (χ2n) is 3.75. The number of hydrogen-bond acceptors (Lipinski definition) is 1. The van der Waals surface area contributed by atoms with Gasteiger partial charge in [-0.25, -0.2) is 0 Å². The summed E-state index contributed by atoms with van der Waals surface area (Å²) < 4.78 is 5.17. The second-order valence-corrected chi connectivity index (χ2v) is 3.75. The third kappa shape index (κ3) is 3.22. The minimum absolute atomic E-state index is 0.707. The molecular formula is C16H16O. The minimum Gasteiger partial charge on any atom is -0.501 e. The summed E-state index contributed by atoms with van der Waals surface area (Å²) in [5.41, 5.74) is 3.63. The van der Waals surface area contributed by atoms with E-state index >= 15 is 0 Å². The molecule has 0 fully saturated rings. The fourth-order valence-electron chi connectivity index (χ4n) is 1.64. The average molecular weight is 224 g/mol. The second kappa shape index (κ2) is 5.90. The van der Waals surface area contributed by atoms with E-state index in [2.05, 4.69) is 48.5 Å². The highest BCUT2D eigenvalue weighted by molar-refractivity contribution is 5.65. The molecule has 1 heteroatoms. The molecule has 1 nitrogen and oxygen atoms in total. The van der Waals surface area contributed by atoms with Crippen LogP contribution in [0.25, 0.3) is 17.2 Å². The summed E-state index contributed by atoms with van der Waals surface area (Å²) in [5.74, 6) is 0. The van der Waals surface area contributed by atoms with Crippen LogP contribution in [-0.2, 0) is 4.74 Å². The van der Waals surface area contributed by atoms with Gasteiger partial charge >= 0.3 is 0 Å². The Bertz CT molecular complexity index is 469. The zero-order chi connectivity index (χ0) is 11.9. The van der Waals surface area contributed by atoms with Gasteiger partial charge in [-0.15, -0.1) is 0 Å². The van der Waals surface area contributed by atoms with Gasteiger partial charge < -0.3 is 4.74 Å². The first-order valence-corrected chi connectivity index (χ1v) is 5.84. The van der Waals surface area contributed by atoms with E-state index in [1.807, 2.05) is 19.1 Å². The highest BCUT2D eigenvalue weighted by Crippen LogP contribution is 2.19. The average Bonchev–Trinajstić information content (AvgIpc) is 2.41. The molecule has 0 aromatic heterocycles. The van der Waals surface area contributed by atoms with Gasteiger partial charge in [-0.2, -0.15) is 0 Å². The first-order valence-electron chi connectivity index (χ1n) is 5.84. The molecule has 2 aromatic carbocycles. The van der Waals surface area contributed by atoms with Crippen molar-refractivity contribution in [2.45, 2.75) is 6.92 Å². The van der Waals surface area contributed by atoms with Gasteiger partial charge in [0.25, 0.3) is 0 Å². The van der Waals surface area contributed by atoms with E-state index in [4.69, 9.17) is 4.74 Å². The molecule has 0 radical (unpaired) electrons. The van der Waals surface area contributed by atoms with Crippen molar-refractivity contribution in [2.75, 3.05) is 6.61 Å². The van der Waals surface area contributed by atoms with Crippen molar-refractivity contribution in [3.8, 4) is 11.1 Å². The van der Waals surface area contributed by atoms with Gasteiger partial charge in [0.15, 0.2) is 0 Å². The molecule has 0 bridgehead atoms. The van der Waals surface area contributed by atoms with Crippen LogP contribution in [0, 0.1) is 0 Å². The fraction of sp³-hybridized carbons (Fsp3) is 0.125. The summed E-state index contributed by atoms with van der Waals surface area (Å²) in [7, 11) is 0. The highest BCUT2D eigenvalue weighted by atomic mass is 16.5. The van der Waals surface area contributed by atoms with Gasteiger partial charge in [-0.1, -0.05) is 54.6 Å². The molecule has 0 saturated carbocycles. The van der Waals surface area contributed by atoms with Crippen molar-refractivity contribution in [3.63, 3.8) is 0 Å². The lowest BCUT2D eigenvalue weighted by Gasteiger charge is -2.01. The van der Waals surface area contributed by atoms with E-state index < -0.39 is 0 Å². The van der Waals surface area contributed by atoms with Crippen LogP contribution in [-0.4, -0.2) is 6.61 Å². The van der Waals surface area contributed by atoms with Crippen molar-refractivity contribution < 1.29 is 4.74 Å². The Morgan fingerprint density at radius 2 is 1.53 bits per heavy atom. The largest absolute Gasteiger partial charge is 0.501 e. The molecule has 0 unspecified atom stereocenters. The SMILES string of the molecule is CCOC=Cc1ccc(-c2ccccc2)cc1. The third-order valence-corrected chi connectivity index (χ3v) is 2.54. The lowest BCUT2D eigenvalue weighted by Crippen LogP contribution is -1.79. The Kier molecular flexibility index (Phi) is 3.98. The predicted molar refractivity (Wildman–Crippen MR) is 72.5 cm³/mol. The van der Waals surface area contributed by atoms with Crippen LogP contribution in [0.4, 0.5) is 0 Å². The van der Waals surface area contributed by atoms with Gasteiger partial charge in [-0.3, -0.25) is 0 Å². The number of rotatable bonds is 4. The van der Waals surface area contributed by atoms with Crippen LogP contribution in [0.1, 0.15) is 12.5 Å². The van der Waals surface area contributed by atoms with Crippen molar-refractivity contribution >= 4 is 6.08 Å². The Morgan fingerprint density at radius 1 is 0.882 bits per heavy atom. The summed E-state index contributed by atoms with van der Waals surface area (Å²) in [5, 5.41) is 0. The van der Waals surface area contributed by atoms with Crippen LogP contribution in [0.3, 0.4) is 0 Å². The molecule has 0 N–H and O–H groups in total. The normalized spacial score (nSPS) is 10.6. The molecule has 0 aliphatic carbocycles. The van der Waals surface area contributed by atoms with Crippen LogP contribution in [0.15, 0.2) is 60.9 Å². The molecule has 0 aliphatic heterocycles. The molecule has 86 valence electrons. The zero-order valence-electron chi connectivity index (χ0n) is 9.97. The van der Waals surface area contributed by atoms with E-state index in [0.717, 1.165) is 5.56 Å². The van der Waals surface area contributed by atoms with Crippen LogP contribution < -0.4 is 0 Å². The van der Waals surface area contributed by atoms with Gasteiger partial charge in [0.05, 0.1) is 12.9 Å². The first kappa shape index (κ1) is 11.5. The summed E-state index contributed by atoms with van der Waals surface area (Å²) in [4.78, 5) is 0. The van der Waals surface area contributed by atoms with E-state index in [1.165, 1.54) is 11.1 Å². The van der Waals surface area contributed by atoms with E-state index in [1.54, 1.807) is 6.26 Å². The molecule has 0 saturated heterocycles. The van der Waals surface area contributed by atoms with E-state index in [-0.39, 0.29) is 0 Å². The summed E-state index contributed by atoms with van der Waals surface area (Å²) in [6.07, 6.45) is 3.70. The highest BCUT2D eigenvalue weighted by Gasteiger charge is 1.95. The number of ether oxygens (including phenoxy) is 1. The Hall–Kier alpha value is -2.02. The van der Waals surface area contributed by atoms with Crippen LogP contribution in [0.5, 0.6) is 0 Å². The molecule has 2 rings (SSSR count). The van der Waals surface area contributed by atoms with Gasteiger partial charge in [0, 0.05) is 0 Å². The van der Waals surface area contributed by atoms with Crippen LogP contribution >= 0.6 is 0 Å². The van der Waals surface area contributed by atoms with Crippen LogP contribution in [0.2, 0.25) is 0 Å². The van der Waals surface area contributed by atoms with E-state index in [9.17, 15) is 0 Å². The molecule has 0 spiro atoms. The van der Waals surface area contributed by atoms with Gasteiger partial charge in [0.2, 0.25) is 0 Å². The van der Waals surface area contributed by atoms with Crippen molar-refractivity contribution in [1.29, 1.82) is 0 Å². The summed E-state index contributed by atoms with van der Waals surface area (Å²) >= 11 is 0.